The van der Waals surface area contributed by atoms with Gasteiger partial charge in [-0.2, -0.15) is 0 Å². The first-order valence-corrected chi connectivity index (χ1v) is 6.75. The molecule has 4 nitrogen and oxygen atoms in total. The fraction of sp³-hybridized carbons (Fsp3) is 0.600. The topological polar surface area (TPSA) is 38.7 Å². The van der Waals surface area contributed by atoms with Gasteiger partial charge in [0.15, 0.2) is 11.5 Å². The van der Waals surface area contributed by atoms with Crippen LogP contribution in [-0.4, -0.2) is 50.6 Å². The number of likely N-dealkylation sites (N-methyl/N-ethyl adjacent to an activating group) is 1. The fourth-order valence-electron chi connectivity index (χ4n) is 2.98. The normalized spacial score (nSPS) is 25.8. The molecule has 0 bridgehead atoms. The molecule has 1 aliphatic heterocycles. The summed E-state index contributed by atoms with van der Waals surface area (Å²) in [5.74, 6) is 1.58. The van der Waals surface area contributed by atoms with E-state index in [4.69, 9.17) is 9.47 Å². The van der Waals surface area contributed by atoms with Crippen LogP contribution in [0.25, 0.3) is 0 Å². The molecule has 19 heavy (non-hydrogen) atoms. The second-order valence-corrected chi connectivity index (χ2v) is 5.48. The van der Waals surface area contributed by atoms with Crippen molar-refractivity contribution in [3.05, 3.63) is 23.3 Å². The van der Waals surface area contributed by atoms with Crippen LogP contribution < -0.4 is 9.47 Å². The first-order valence-electron chi connectivity index (χ1n) is 6.75. The highest BCUT2D eigenvalue weighted by molar-refractivity contribution is 5.48. The van der Waals surface area contributed by atoms with Crippen molar-refractivity contribution in [1.82, 2.24) is 0 Å². The van der Waals surface area contributed by atoms with E-state index in [9.17, 15) is 5.11 Å². The van der Waals surface area contributed by atoms with Gasteiger partial charge in [0.25, 0.3) is 0 Å². The van der Waals surface area contributed by atoms with Gasteiger partial charge in [-0.15, -0.1) is 0 Å². The highest BCUT2D eigenvalue weighted by Crippen LogP contribution is 2.40. The van der Waals surface area contributed by atoms with Crippen molar-refractivity contribution >= 4 is 0 Å². The largest absolute Gasteiger partial charge is 0.493 e. The Kier molecular flexibility index (Phi) is 4.02. The Morgan fingerprint density at radius 3 is 2.47 bits per heavy atom. The highest BCUT2D eigenvalue weighted by Gasteiger charge is 2.36. The molecule has 0 aliphatic carbocycles. The van der Waals surface area contributed by atoms with E-state index < -0.39 is 0 Å². The third kappa shape index (κ3) is 2.42. The minimum absolute atomic E-state index is 0.226. The van der Waals surface area contributed by atoms with Gasteiger partial charge in [-0.25, -0.2) is 0 Å². The molecule has 0 saturated carbocycles. The predicted molar refractivity (Wildman–Crippen MR) is 74.7 cm³/mol. The number of hydrogen-bond donors (Lipinski definition) is 1. The lowest BCUT2D eigenvalue weighted by Crippen LogP contribution is -2.51. The van der Waals surface area contributed by atoms with Crippen LogP contribution in [-0.2, 0) is 6.42 Å². The van der Waals surface area contributed by atoms with Crippen LogP contribution in [0.2, 0.25) is 0 Å². The zero-order valence-electron chi connectivity index (χ0n) is 12.3. The summed E-state index contributed by atoms with van der Waals surface area (Å²) in [5.41, 5.74) is 2.64. The van der Waals surface area contributed by atoms with Crippen molar-refractivity contribution in [1.29, 1.82) is 0 Å². The first kappa shape index (κ1) is 14.2. The Morgan fingerprint density at radius 1 is 1.26 bits per heavy atom. The number of nitrogens with zero attached hydrogens (tertiary/aromatic N) is 1. The number of aliphatic hydroxyl groups is 1. The Balaban J connectivity index is 2.43. The lowest BCUT2D eigenvalue weighted by Gasteiger charge is -2.44. The maximum atomic E-state index is 9.27. The van der Waals surface area contributed by atoms with Crippen LogP contribution in [0.3, 0.4) is 0 Å². The summed E-state index contributed by atoms with van der Waals surface area (Å²) in [6, 6.07) is 4.54. The molecule has 2 rings (SSSR count). The number of hydrogen-bond acceptors (Lipinski definition) is 3. The minimum atomic E-state index is 0.226. The lowest BCUT2D eigenvalue weighted by atomic mass is 9.91. The number of rotatable bonds is 4. The molecule has 1 N–H and O–H groups in total. The molecule has 0 fully saturated rings. The smallest absolute Gasteiger partial charge is 0.161 e. The predicted octanol–water partition coefficient (Wildman–Crippen LogP) is 1.76. The van der Waals surface area contributed by atoms with Crippen LogP contribution in [0.15, 0.2) is 12.1 Å². The molecule has 1 aliphatic rings. The zero-order valence-corrected chi connectivity index (χ0v) is 12.3. The van der Waals surface area contributed by atoms with Crippen LogP contribution >= 0.6 is 0 Å². The number of aliphatic hydroxyl groups excluding tert-OH is 1. The maximum Gasteiger partial charge on any atom is 0.161 e. The molecule has 106 valence electrons. The molecular weight excluding hydrogens is 242 g/mol. The Bertz CT molecular complexity index is 461. The molecule has 0 amide bonds. The summed E-state index contributed by atoms with van der Waals surface area (Å²) >= 11 is 0. The van der Waals surface area contributed by atoms with Crippen molar-refractivity contribution in [3.8, 4) is 11.5 Å². The fourth-order valence-corrected chi connectivity index (χ4v) is 2.98. The van der Waals surface area contributed by atoms with E-state index in [1.54, 1.807) is 14.2 Å². The van der Waals surface area contributed by atoms with E-state index in [-0.39, 0.29) is 6.61 Å². The third-order valence-electron chi connectivity index (χ3n) is 4.53. The van der Waals surface area contributed by atoms with E-state index >= 15 is 0 Å². The molecule has 0 aromatic heterocycles. The Morgan fingerprint density at radius 2 is 1.89 bits per heavy atom. The minimum Gasteiger partial charge on any atom is -0.493 e. The average molecular weight is 266 g/mol. The highest BCUT2D eigenvalue weighted by atomic mass is 16.5. The molecule has 4 heteroatoms. The van der Waals surface area contributed by atoms with Gasteiger partial charge in [0.2, 0.25) is 0 Å². The maximum absolute atomic E-state index is 9.27. The second kappa shape index (κ2) is 5.39. The standard InChI is InChI=1S/C15H24NO3/c1-11-13-10-15(19-4)14(18-3)9-12(13)5-6-16(11,2)7-8-17/h9-11,17H,5-8H2,1-4H3/q+1/t11-,16?/m1/s1. The molecule has 0 radical (unpaired) electrons. The van der Waals surface area contributed by atoms with Crippen molar-refractivity contribution in [2.45, 2.75) is 19.4 Å². The van der Waals surface area contributed by atoms with Gasteiger partial charge >= 0.3 is 0 Å². The quantitative estimate of drug-likeness (QED) is 0.844. The molecule has 1 unspecified atom stereocenters. The summed E-state index contributed by atoms with van der Waals surface area (Å²) < 4.78 is 11.6. The number of ether oxygens (including phenoxy) is 2. The molecule has 1 heterocycles. The summed E-state index contributed by atoms with van der Waals surface area (Å²) in [6.07, 6.45) is 1.01. The molecule has 1 aromatic carbocycles. The number of quaternary nitrogens is 1. The van der Waals surface area contributed by atoms with Crippen molar-refractivity contribution in [2.24, 2.45) is 0 Å². The number of benzene rings is 1. The van der Waals surface area contributed by atoms with Crippen LogP contribution in [0.5, 0.6) is 11.5 Å². The summed E-state index contributed by atoms with van der Waals surface area (Å²) in [6.45, 7) is 4.28. The average Bonchev–Trinajstić information content (AvgIpc) is 2.42. The van der Waals surface area contributed by atoms with Gasteiger partial charge in [0.05, 0.1) is 34.4 Å². The number of fused-ring (bicyclic) bond motifs is 1. The summed E-state index contributed by atoms with van der Waals surface area (Å²) in [4.78, 5) is 0. The molecule has 0 saturated heterocycles. The van der Waals surface area contributed by atoms with Gasteiger partial charge in [0.1, 0.15) is 12.6 Å². The van der Waals surface area contributed by atoms with Gasteiger partial charge < -0.3 is 19.1 Å². The number of methoxy groups -OCH3 is 2. The zero-order chi connectivity index (χ0) is 14.0. The van der Waals surface area contributed by atoms with E-state index in [1.165, 1.54) is 11.1 Å². The first-order chi connectivity index (χ1) is 9.05. The Labute approximate surface area is 115 Å². The van der Waals surface area contributed by atoms with Crippen molar-refractivity contribution in [3.63, 3.8) is 0 Å². The van der Waals surface area contributed by atoms with E-state index in [0.29, 0.717) is 6.04 Å². The summed E-state index contributed by atoms with van der Waals surface area (Å²) in [7, 11) is 5.54. The van der Waals surface area contributed by atoms with Gasteiger partial charge in [-0.1, -0.05) is 0 Å². The monoisotopic (exact) mass is 266 g/mol. The SMILES string of the molecule is COc1cc2c(cc1OC)[C@@H](C)[N+](C)(CCO)CC2. The van der Waals surface area contributed by atoms with Crippen molar-refractivity contribution < 1.29 is 19.1 Å². The van der Waals surface area contributed by atoms with Crippen LogP contribution in [0.4, 0.5) is 0 Å². The van der Waals surface area contributed by atoms with E-state index in [1.807, 2.05) is 0 Å². The Hall–Kier alpha value is -1.26. The van der Waals surface area contributed by atoms with Gasteiger partial charge in [0, 0.05) is 12.0 Å². The van der Waals surface area contributed by atoms with Crippen molar-refractivity contribution in [2.75, 3.05) is 41.0 Å². The van der Waals surface area contributed by atoms with Gasteiger partial charge in [-0.05, 0) is 24.6 Å². The second-order valence-electron chi connectivity index (χ2n) is 5.48. The van der Waals surface area contributed by atoms with Gasteiger partial charge in [-0.3, -0.25) is 0 Å². The molecule has 1 aromatic rings. The van der Waals surface area contributed by atoms with Crippen LogP contribution in [0.1, 0.15) is 24.1 Å². The van der Waals surface area contributed by atoms with Crippen LogP contribution in [0, 0.1) is 0 Å². The van der Waals surface area contributed by atoms with E-state index in [2.05, 4.69) is 26.1 Å². The molecular formula is C15H24NO3+. The third-order valence-corrected chi connectivity index (χ3v) is 4.53. The molecule has 0 spiro atoms. The molecule has 2 atom stereocenters. The van der Waals surface area contributed by atoms with E-state index in [0.717, 1.165) is 35.5 Å². The lowest BCUT2D eigenvalue weighted by molar-refractivity contribution is -0.939. The summed E-state index contributed by atoms with van der Waals surface area (Å²) in [5, 5.41) is 9.27.